The molecule has 2 rings (SSSR count). The lowest BCUT2D eigenvalue weighted by Crippen LogP contribution is -2.27. The Morgan fingerprint density at radius 2 is 2.39 bits per heavy atom. The summed E-state index contributed by atoms with van der Waals surface area (Å²) in [5.41, 5.74) is 5.85. The number of nitrogens with one attached hydrogen (secondary N) is 1. The number of nitrogen functional groups attached to an aromatic ring is 1. The number of ether oxygens (including phenoxy) is 1. The molecule has 0 aliphatic heterocycles. The molecular weight excluding hydrogens is 254 g/mol. The van der Waals surface area contributed by atoms with Crippen molar-refractivity contribution in [3.8, 4) is 0 Å². The lowest BCUT2D eigenvalue weighted by atomic mass is 10.2. The van der Waals surface area contributed by atoms with Crippen LogP contribution in [0, 0.1) is 5.92 Å². The third-order valence-electron chi connectivity index (χ3n) is 2.70. The van der Waals surface area contributed by atoms with Gasteiger partial charge in [0.05, 0.1) is 17.2 Å². The van der Waals surface area contributed by atoms with Gasteiger partial charge in [0.25, 0.3) is 5.91 Å². The van der Waals surface area contributed by atoms with Crippen molar-refractivity contribution in [1.82, 2.24) is 10.3 Å². The van der Waals surface area contributed by atoms with E-state index in [1.54, 1.807) is 0 Å². The number of carbonyl (C=O) groups excluding carboxylic acids is 1. The van der Waals surface area contributed by atoms with Crippen LogP contribution >= 0.6 is 11.6 Å². The molecule has 0 spiro atoms. The predicted octanol–water partition coefficient (Wildman–Crippen LogP) is 1.47. The quantitative estimate of drug-likeness (QED) is 0.767. The summed E-state index contributed by atoms with van der Waals surface area (Å²) in [5.74, 6) is 0.744. The molecule has 1 saturated carbocycles. The van der Waals surface area contributed by atoms with E-state index in [0.717, 1.165) is 12.5 Å². The van der Waals surface area contributed by atoms with Gasteiger partial charge in [-0.1, -0.05) is 11.6 Å². The highest BCUT2D eigenvalue weighted by Crippen LogP contribution is 2.28. The third kappa shape index (κ3) is 3.85. The Balaban J connectivity index is 1.74. The number of anilines is 1. The summed E-state index contributed by atoms with van der Waals surface area (Å²) in [6.07, 6.45) is 3.89. The zero-order chi connectivity index (χ0) is 13.0. The largest absolute Gasteiger partial charge is 0.384 e. The molecule has 0 bridgehead atoms. The first-order valence-electron chi connectivity index (χ1n) is 5.94. The SMILES string of the molecule is Nc1cc(C(=O)NCCOCC2CC2)c(Cl)cn1. The minimum absolute atomic E-state index is 0.260. The zero-order valence-electron chi connectivity index (χ0n) is 9.99. The van der Waals surface area contributed by atoms with Gasteiger partial charge in [-0.3, -0.25) is 4.79 Å². The van der Waals surface area contributed by atoms with Crippen LogP contribution in [-0.2, 0) is 4.74 Å². The summed E-state index contributed by atoms with van der Waals surface area (Å²) in [7, 11) is 0. The molecule has 0 unspecified atom stereocenters. The highest BCUT2D eigenvalue weighted by atomic mass is 35.5. The molecule has 6 heteroatoms. The van der Waals surface area contributed by atoms with Crippen molar-refractivity contribution in [3.05, 3.63) is 22.8 Å². The van der Waals surface area contributed by atoms with E-state index in [2.05, 4.69) is 10.3 Å². The first-order valence-corrected chi connectivity index (χ1v) is 6.31. The molecule has 0 radical (unpaired) electrons. The van der Waals surface area contributed by atoms with Gasteiger partial charge in [-0.05, 0) is 24.8 Å². The van der Waals surface area contributed by atoms with Gasteiger partial charge in [0, 0.05) is 19.3 Å². The van der Waals surface area contributed by atoms with E-state index < -0.39 is 0 Å². The Kier molecular flexibility index (Phi) is 4.38. The fourth-order valence-corrected chi connectivity index (χ4v) is 1.68. The first-order chi connectivity index (χ1) is 8.66. The van der Waals surface area contributed by atoms with Crippen molar-refractivity contribution >= 4 is 23.3 Å². The second-order valence-electron chi connectivity index (χ2n) is 4.36. The summed E-state index contributed by atoms with van der Waals surface area (Å²) in [6.45, 7) is 1.77. The number of nitrogens with zero attached hydrogens (tertiary/aromatic N) is 1. The predicted molar refractivity (Wildman–Crippen MR) is 69.5 cm³/mol. The normalized spacial score (nSPS) is 14.5. The maximum Gasteiger partial charge on any atom is 0.253 e. The van der Waals surface area contributed by atoms with Gasteiger partial charge in [-0.15, -0.1) is 0 Å². The van der Waals surface area contributed by atoms with E-state index in [9.17, 15) is 4.79 Å². The van der Waals surface area contributed by atoms with Gasteiger partial charge in [-0.2, -0.15) is 0 Å². The van der Waals surface area contributed by atoms with Crippen molar-refractivity contribution in [2.24, 2.45) is 5.92 Å². The molecule has 3 N–H and O–H groups in total. The number of rotatable bonds is 6. The van der Waals surface area contributed by atoms with Crippen LogP contribution in [0.5, 0.6) is 0 Å². The molecule has 18 heavy (non-hydrogen) atoms. The van der Waals surface area contributed by atoms with Gasteiger partial charge in [0.1, 0.15) is 5.82 Å². The lowest BCUT2D eigenvalue weighted by molar-refractivity contribution is 0.0906. The van der Waals surface area contributed by atoms with E-state index in [1.807, 2.05) is 0 Å². The Hall–Kier alpha value is -1.33. The first kappa shape index (κ1) is 13.1. The second-order valence-corrected chi connectivity index (χ2v) is 4.77. The van der Waals surface area contributed by atoms with Gasteiger partial charge >= 0.3 is 0 Å². The standard InChI is InChI=1S/C12H16ClN3O2/c13-10-6-16-11(14)5-9(10)12(17)15-3-4-18-7-8-1-2-8/h5-6,8H,1-4,7H2,(H2,14,16)(H,15,17). The summed E-state index contributed by atoms with van der Waals surface area (Å²) >= 11 is 5.87. The van der Waals surface area contributed by atoms with Crippen LogP contribution < -0.4 is 11.1 Å². The van der Waals surface area contributed by atoms with Gasteiger partial charge in [0.15, 0.2) is 0 Å². The number of hydrogen-bond acceptors (Lipinski definition) is 4. The number of hydrogen-bond donors (Lipinski definition) is 2. The molecule has 1 aliphatic rings. The monoisotopic (exact) mass is 269 g/mol. The highest BCUT2D eigenvalue weighted by Gasteiger charge is 2.20. The highest BCUT2D eigenvalue weighted by molar-refractivity contribution is 6.33. The topological polar surface area (TPSA) is 77.2 Å². The number of aromatic nitrogens is 1. The van der Waals surface area contributed by atoms with E-state index in [0.29, 0.717) is 23.7 Å². The van der Waals surface area contributed by atoms with Crippen molar-refractivity contribution < 1.29 is 9.53 Å². The van der Waals surface area contributed by atoms with Crippen LogP contribution in [0.4, 0.5) is 5.82 Å². The van der Waals surface area contributed by atoms with Gasteiger partial charge in [0.2, 0.25) is 0 Å². The number of amides is 1. The van der Waals surface area contributed by atoms with Gasteiger partial charge in [-0.25, -0.2) is 4.98 Å². The number of carbonyl (C=O) groups is 1. The molecule has 1 aromatic heterocycles. The molecule has 0 atom stereocenters. The minimum Gasteiger partial charge on any atom is -0.384 e. The third-order valence-corrected chi connectivity index (χ3v) is 3.00. The Morgan fingerprint density at radius 3 is 3.11 bits per heavy atom. The summed E-state index contributed by atoms with van der Waals surface area (Å²) in [5, 5.41) is 3.02. The van der Waals surface area contributed by atoms with E-state index in [4.69, 9.17) is 22.1 Å². The van der Waals surface area contributed by atoms with Crippen LogP contribution in [0.25, 0.3) is 0 Å². The fraction of sp³-hybridized carbons (Fsp3) is 0.500. The Labute approximate surface area is 111 Å². The van der Waals surface area contributed by atoms with Crippen LogP contribution in [0.1, 0.15) is 23.2 Å². The summed E-state index contributed by atoms with van der Waals surface area (Å²) in [4.78, 5) is 15.6. The smallest absolute Gasteiger partial charge is 0.253 e. The molecule has 1 amide bonds. The van der Waals surface area contributed by atoms with Crippen molar-refractivity contribution in [2.45, 2.75) is 12.8 Å². The maximum atomic E-state index is 11.8. The molecular formula is C12H16ClN3O2. The van der Waals surface area contributed by atoms with Crippen LogP contribution in [0.3, 0.4) is 0 Å². The average Bonchev–Trinajstić information content (AvgIpc) is 3.15. The molecule has 1 fully saturated rings. The van der Waals surface area contributed by atoms with Crippen molar-refractivity contribution in [3.63, 3.8) is 0 Å². The second kappa shape index (κ2) is 6.02. The van der Waals surface area contributed by atoms with Crippen molar-refractivity contribution in [2.75, 3.05) is 25.5 Å². The molecule has 98 valence electrons. The fourth-order valence-electron chi connectivity index (χ4n) is 1.50. The molecule has 1 heterocycles. The number of pyridine rings is 1. The van der Waals surface area contributed by atoms with Crippen LogP contribution in [0.2, 0.25) is 5.02 Å². The Bertz CT molecular complexity index is 435. The van der Waals surface area contributed by atoms with E-state index >= 15 is 0 Å². The molecule has 0 aromatic carbocycles. The zero-order valence-corrected chi connectivity index (χ0v) is 10.7. The van der Waals surface area contributed by atoms with E-state index in [1.165, 1.54) is 25.1 Å². The van der Waals surface area contributed by atoms with E-state index in [-0.39, 0.29) is 11.7 Å². The molecule has 1 aromatic rings. The van der Waals surface area contributed by atoms with Crippen LogP contribution in [-0.4, -0.2) is 30.6 Å². The minimum atomic E-state index is -0.260. The van der Waals surface area contributed by atoms with Crippen LogP contribution in [0.15, 0.2) is 12.3 Å². The number of nitrogens with two attached hydrogens (primary N) is 1. The lowest BCUT2D eigenvalue weighted by Gasteiger charge is -2.07. The number of halogens is 1. The average molecular weight is 270 g/mol. The summed E-state index contributed by atoms with van der Waals surface area (Å²) < 4.78 is 5.41. The summed E-state index contributed by atoms with van der Waals surface area (Å²) in [6, 6.07) is 1.46. The van der Waals surface area contributed by atoms with Gasteiger partial charge < -0.3 is 15.8 Å². The van der Waals surface area contributed by atoms with Crippen molar-refractivity contribution in [1.29, 1.82) is 0 Å². The maximum absolute atomic E-state index is 11.8. The molecule has 0 saturated heterocycles. The Morgan fingerprint density at radius 1 is 1.61 bits per heavy atom. The molecule has 5 nitrogen and oxygen atoms in total. The molecule has 1 aliphatic carbocycles.